The fraction of sp³-hybridized carbons (Fsp3) is 0.533. The molecule has 0 saturated carbocycles. The van der Waals surface area contributed by atoms with E-state index in [1.807, 2.05) is 24.3 Å². The number of rotatable bonds is 6. The van der Waals surface area contributed by atoms with E-state index < -0.39 is 0 Å². The fourth-order valence-electron chi connectivity index (χ4n) is 2.69. The Kier molecular flexibility index (Phi) is 5.38. The van der Waals surface area contributed by atoms with Crippen molar-refractivity contribution in [3.8, 4) is 0 Å². The topological polar surface area (TPSA) is 73.9 Å². The molecule has 1 atom stereocenters. The van der Waals surface area contributed by atoms with E-state index in [0.29, 0.717) is 0 Å². The van der Waals surface area contributed by atoms with Crippen molar-refractivity contribution >= 4 is 5.84 Å². The molecule has 110 valence electrons. The largest absolute Gasteiger partial charge is 0.409 e. The van der Waals surface area contributed by atoms with E-state index in [1.54, 1.807) is 0 Å². The first-order valence-electron chi connectivity index (χ1n) is 7.22. The van der Waals surface area contributed by atoms with Gasteiger partial charge in [-0.2, -0.15) is 0 Å². The zero-order chi connectivity index (χ0) is 14.4. The number of amidine groups is 1. The summed E-state index contributed by atoms with van der Waals surface area (Å²) in [5.41, 5.74) is 7.50. The third-order valence-electron chi connectivity index (χ3n) is 3.91. The van der Waals surface area contributed by atoms with Crippen molar-refractivity contribution < 1.29 is 5.21 Å². The van der Waals surface area contributed by atoms with E-state index in [-0.39, 0.29) is 5.84 Å². The molecule has 1 aliphatic rings. The zero-order valence-electron chi connectivity index (χ0n) is 12.0. The molecule has 0 spiro atoms. The van der Waals surface area contributed by atoms with Crippen LogP contribution in [0.4, 0.5) is 0 Å². The predicted molar refractivity (Wildman–Crippen MR) is 80.9 cm³/mol. The third kappa shape index (κ3) is 3.95. The van der Waals surface area contributed by atoms with Crippen LogP contribution in [0.2, 0.25) is 0 Å². The monoisotopic (exact) mass is 276 g/mol. The molecule has 1 aromatic carbocycles. The number of benzene rings is 1. The highest BCUT2D eigenvalue weighted by Crippen LogP contribution is 2.14. The number of hydrogen-bond donors (Lipinski definition) is 3. The molecule has 1 fully saturated rings. The van der Waals surface area contributed by atoms with Crippen LogP contribution in [-0.4, -0.2) is 42.1 Å². The number of oxime groups is 1. The molecule has 20 heavy (non-hydrogen) atoms. The van der Waals surface area contributed by atoms with Crippen LogP contribution in [0.15, 0.2) is 29.4 Å². The van der Waals surface area contributed by atoms with Gasteiger partial charge in [0.2, 0.25) is 0 Å². The molecule has 1 heterocycles. The second-order valence-electron chi connectivity index (χ2n) is 5.36. The minimum Gasteiger partial charge on any atom is -0.409 e. The summed E-state index contributed by atoms with van der Waals surface area (Å²) < 4.78 is 0. The number of nitrogens with two attached hydrogens (primary N) is 1. The van der Waals surface area contributed by atoms with Gasteiger partial charge in [-0.05, 0) is 43.6 Å². The van der Waals surface area contributed by atoms with Gasteiger partial charge in [0.25, 0.3) is 0 Å². The van der Waals surface area contributed by atoms with Gasteiger partial charge in [-0.3, -0.25) is 0 Å². The maximum absolute atomic E-state index is 8.69. The Morgan fingerprint density at radius 3 is 3.10 bits per heavy atom. The van der Waals surface area contributed by atoms with Crippen LogP contribution >= 0.6 is 0 Å². The summed E-state index contributed by atoms with van der Waals surface area (Å²) in [4.78, 5) is 2.49. The fourth-order valence-corrected chi connectivity index (χ4v) is 2.69. The van der Waals surface area contributed by atoms with Gasteiger partial charge in [-0.1, -0.05) is 30.3 Å². The number of nitrogens with one attached hydrogen (secondary N) is 1. The van der Waals surface area contributed by atoms with Crippen LogP contribution in [-0.2, 0) is 6.54 Å². The van der Waals surface area contributed by atoms with Gasteiger partial charge in [0.05, 0.1) is 0 Å². The molecular weight excluding hydrogens is 252 g/mol. The van der Waals surface area contributed by atoms with Gasteiger partial charge in [-0.15, -0.1) is 0 Å². The Morgan fingerprint density at radius 1 is 1.55 bits per heavy atom. The highest BCUT2D eigenvalue weighted by Gasteiger charge is 2.20. The molecule has 0 aromatic heterocycles. The molecule has 2 rings (SSSR count). The molecule has 4 N–H and O–H groups in total. The molecule has 0 aliphatic carbocycles. The summed E-state index contributed by atoms with van der Waals surface area (Å²) in [7, 11) is 0. The molecule has 5 heteroatoms. The maximum atomic E-state index is 8.69. The van der Waals surface area contributed by atoms with Crippen molar-refractivity contribution in [2.75, 3.05) is 26.2 Å². The molecular formula is C15H24N4O. The molecule has 0 bridgehead atoms. The summed E-state index contributed by atoms with van der Waals surface area (Å²) in [6.07, 6.45) is 1.28. The second-order valence-corrected chi connectivity index (χ2v) is 5.36. The van der Waals surface area contributed by atoms with Crippen LogP contribution in [0.25, 0.3) is 0 Å². The average Bonchev–Trinajstić information content (AvgIpc) is 2.95. The van der Waals surface area contributed by atoms with Crippen molar-refractivity contribution in [3.05, 3.63) is 35.4 Å². The predicted octanol–water partition coefficient (Wildman–Crippen LogP) is 1.21. The Morgan fingerprint density at radius 2 is 2.40 bits per heavy atom. The second kappa shape index (κ2) is 7.26. The first-order valence-corrected chi connectivity index (χ1v) is 7.22. The smallest absolute Gasteiger partial charge is 0.170 e. The number of hydrogen-bond acceptors (Lipinski definition) is 4. The van der Waals surface area contributed by atoms with Crippen molar-refractivity contribution in [1.82, 2.24) is 10.2 Å². The lowest BCUT2D eigenvalue weighted by molar-refractivity contribution is 0.318. The van der Waals surface area contributed by atoms with Crippen LogP contribution in [0.5, 0.6) is 0 Å². The summed E-state index contributed by atoms with van der Waals surface area (Å²) in [6.45, 7) is 7.65. The Labute approximate surface area is 120 Å². The van der Waals surface area contributed by atoms with Gasteiger partial charge >= 0.3 is 0 Å². The minimum atomic E-state index is 0.154. The lowest BCUT2D eigenvalue weighted by atomic mass is 10.1. The highest BCUT2D eigenvalue weighted by molar-refractivity contribution is 5.97. The van der Waals surface area contributed by atoms with E-state index in [1.165, 1.54) is 19.5 Å². The first-order chi connectivity index (χ1) is 9.72. The number of likely N-dealkylation sites (tertiary alicyclic amines) is 1. The van der Waals surface area contributed by atoms with Gasteiger partial charge in [-0.25, -0.2) is 0 Å². The van der Waals surface area contributed by atoms with E-state index >= 15 is 0 Å². The normalized spacial score (nSPS) is 20.4. The molecule has 1 saturated heterocycles. The summed E-state index contributed by atoms with van der Waals surface area (Å²) in [5, 5.41) is 15.2. The lowest BCUT2D eigenvalue weighted by Gasteiger charge is -2.14. The van der Waals surface area contributed by atoms with Gasteiger partial charge in [0.1, 0.15) is 0 Å². The standard InChI is InChI=1S/C15H24N4O/c1-2-19-7-6-13(11-19)10-17-9-12-4-3-5-14(8-12)15(16)18-20/h3-5,8,13,17,20H,2,6-7,9-11H2,1H3,(H2,16,18). The molecule has 1 aliphatic heterocycles. The maximum Gasteiger partial charge on any atom is 0.170 e. The Bertz CT molecular complexity index is 461. The lowest BCUT2D eigenvalue weighted by Crippen LogP contribution is -2.26. The van der Waals surface area contributed by atoms with E-state index in [0.717, 1.165) is 36.7 Å². The van der Waals surface area contributed by atoms with E-state index in [4.69, 9.17) is 10.9 Å². The molecule has 5 nitrogen and oxygen atoms in total. The first kappa shape index (κ1) is 14.8. The van der Waals surface area contributed by atoms with Crippen LogP contribution in [0, 0.1) is 5.92 Å². The van der Waals surface area contributed by atoms with Gasteiger partial charge < -0.3 is 21.2 Å². The van der Waals surface area contributed by atoms with E-state index in [9.17, 15) is 0 Å². The third-order valence-corrected chi connectivity index (χ3v) is 3.91. The Balaban J connectivity index is 1.80. The van der Waals surface area contributed by atoms with Crippen LogP contribution < -0.4 is 11.1 Å². The average molecular weight is 276 g/mol. The van der Waals surface area contributed by atoms with Gasteiger partial charge in [0, 0.05) is 18.7 Å². The Hall–Kier alpha value is -1.59. The quantitative estimate of drug-likeness (QED) is 0.316. The zero-order valence-corrected chi connectivity index (χ0v) is 12.0. The van der Waals surface area contributed by atoms with Crippen molar-refractivity contribution in [1.29, 1.82) is 0 Å². The highest BCUT2D eigenvalue weighted by atomic mass is 16.4. The minimum absolute atomic E-state index is 0.154. The van der Waals surface area contributed by atoms with Crippen LogP contribution in [0.1, 0.15) is 24.5 Å². The molecule has 0 amide bonds. The summed E-state index contributed by atoms with van der Waals surface area (Å²) in [6, 6.07) is 7.77. The van der Waals surface area contributed by atoms with Gasteiger partial charge in [0.15, 0.2) is 5.84 Å². The molecule has 1 aromatic rings. The van der Waals surface area contributed by atoms with Crippen molar-refractivity contribution in [3.63, 3.8) is 0 Å². The molecule has 0 radical (unpaired) electrons. The van der Waals surface area contributed by atoms with Crippen molar-refractivity contribution in [2.24, 2.45) is 16.8 Å². The van der Waals surface area contributed by atoms with Crippen LogP contribution in [0.3, 0.4) is 0 Å². The summed E-state index contributed by atoms with van der Waals surface area (Å²) in [5.74, 6) is 0.906. The SMILES string of the molecule is CCN1CCC(CNCc2cccc(C(N)=NO)c2)C1. The van der Waals surface area contributed by atoms with E-state index in [2.05, 4.69) is 22.3 Å². The number of nitrogens with zero attached hydrogens (tertiary/aromatic N) is 2. The van der Waals surface area contributed by atoms with Crippen molar-refractivity contribution in [2.45, 2.75) is 19.9 Å². The summed E-state index contributed by atoms with van der Waals surface area (Å²) >= 11 is 0. The molecule has 1 unspecified atom stereocenters.